The second-order valence-electron chi connectivity index (χ2n) is 3.65. The average Bonchev–Trinajstić information content (AvgIpc) is 2.32. The number of thiocarbonyl (C=S) groups is 1. The normalized spacial score (nSPS) is 10.3. The molecule has 0 spiro atoms. The van der Waals surface area contributed by atoms with E-state index in [1.807, 2.05) is 0 Å². The van der Waals surface area contributed by atoms with Crippen molar-refractivity contribution in [2.45, 2.75) is 0 Å². The topological polar surface area (TPSA) is 35.2 Å². The molecule has 6 heteroatoms. The summed E-state index contributed by atoms with van der Waals surface area (Å²) in [6.07, 6.45) is 0. The highest BCUT2D eigenvalue weighted by Crippen LogP contribution is 2.32. The molecule has 0 aliphatic heterocycles. The Bertz CT molecular complexity index is 651. The lowest BCUT2D eigenvalue weighted by Gasteiger charge is -2.12. The summed E-state index contributed by atoms with van der Waals surface area (Å²) < 4.78 is 19.8. The van der Waals surface area contributed by atoms with Gasteiger partial charge in [0.25, 0.3) is 0 Å². The van der Waals surface area contributed by atoms with Crippen LogP contribution >= 0.6 is 39.7 Å². The lowest BCUT2D eigenvalue weighted by atomic mass is 10.2. The molecule has 0 bridgehead atoms. The lowest BCUT2D eigenvalue weighted by molar-refractivity contribution is 0.441. The zero-order chi connectivity index (χ0) is 14.0. The Morgan fingerprint density at radius 2 is 2.00 bits per heavy atom. The third-order valence-electron chi connectivity index (χ3n) is 2.34. The van der Waals surface area contributed by atoms with Crippen LogP contribution in [0.15, 0.2) is 40.9 Å². The van der Waals surface area contributed by atoms with E-state index >= 15 is 0 Å². The van der Waals surface area contributed by atoms with Gasteiger partial charge in [-0.3, -0.25) is 0 Å². The van der Waals surface area contributed by atoms with E-state index in [-0.39, 0.29) is 10.7 Å². The van der Waals surface area contributed by atoms with Gasteiger partial charge in [0.1, 0.15) is 10.7 Å². The summed E-state index contributed by atoms with van der Waals surface area (Å²) in [4.78, 5) is 0.0955. The van der Waals surface area contributed by atoms with Crippen molar-refractivity contribution in [3.05, 3.63) is 57.3 Å². The Morgan fingerprint density at radius 1 is 1.26 bits per heavy atom. The van der Waals surface area contributed by atoms with Crippen LogP contribution in [0.3, 0.4) is 0 Å². The van der Waals surface area contributed by atoms with Gasteiger partial charge in [-0.05, 0) is 30.3 Å². The molecule has 0 aliphatic rings. The van der Waals surface area contributed by atoms with Crippen LogP contribution in [0.1, 0.15) is 5.56 Å². The molecule has 2 aromatic carbocycles. The Hall–Kier alpha value is -1.17. The number of halogens is 3. The van der Waals surface area contributed by atoms with E-state index in [2.05, 4.69) is 15.9 Å². The van der Waals surface area contributed by atoms with Gasteiger partial charge in [0.2, 0.25) is 0 Å². The molecule has 0 amide bonds. The molecule has 0 saturated carbocycles. The fourth-order valence-corrected chi connectivity index (χ4v) is 2.37. The molecule has 2 rings (SSSR count). The van der Waals surface area contributed by atoms with Crippen molar-refractivity contribution in [3.63, 3.8) is 0 Å². The number of rotatable bonds is 3. The fraction of sp³-hybridized carbons (Fsp3) is 0. The lowest BCUT2D eigenvalue weighted by Crippen LogP contribution is -2.11. The molecule has 0 unspecified atom stereocenters. The van der Waals surface area contributed by atoms with E-state index in [1.54, 1.807) is 24.3 Å². The van der Waals surface area contributed by atoms with E-state index in [0.29, 0.717) is 20.8 Å². The molecule has 0 aromatic heterocycles. The second-order valence-corrected chi connectivity index (χ2v) is 5.42. The van der Waals surface area contributed by atoms with Gasteiger partial charge in [-0.25, -0.2) is 4.39 Å². The molecule has 19 heavy (non-hydrogen) atoms. The molecule has 2 aromatic rings. The zero-order valence-electron chi connectivity index (χ0n) is 9.49. The maximum Gasteiger partial charge on any atom is 0.166 e. The van der Waals surface area contributed by atoms with Crippen LogP contribution in [0, 0.1) is 5.82 Å². The van der Waals surface area contributed by atoms with Crippen molar-refractivity contribution in [1.82, 2.24) is 0 Å². The van der Waals surface area contributed by atoms with Crippen molar-refractivity contribution in [1.29, 1.82) is 0 Å². The van der Waals surface area contributed by atoms with Crippen LogP contribution in [-0.2, 0) is 0 Å². The molecule has 0 saturated heterocycles. The SMILES string of the molecule is NC(=S)c1c(Cl)cccc1Oc1ccc(Br)cc1F. The van der Waals surface area contributed by atoms with Gasteiger partial charge in [0, 0.05) is 4.47 Å². The summed E-state index contributed by atoms with van der Waals surface area (Å²) in [7, 11) is 0. The van der Waals surface area contributed by atoms with E-state index in [9.17, 15) is 4.39 Å². The number of benzene rings is 2. The van der Waals surface area contributed by atoms with Gasteiger partial charge in [0.15, 0.2) is 11.6 Å². The summed E-state index contributed by atoms with van der Waals surface area (Å²) >= 11 is 14.1. The number of nitrogens with two attached hydrogens (primary N) is 1. The van der Waals surface area contributed by atoms with Crippen LogP contribution < -0.4 is 10.5 Å². The first-order valence-corrected chi connectivity index (χ1v) is 6.78. The van der Waals surface area contributed by atoms with E-state index in [1.165, 1.54) is 12.1 Å². The van der Waals surface area contributed by atoms with E-state index in [0.717, 1.165) is 0 Å². The van der Waals surface area contributed by atoms with Gasteiger partial charge >= 0.3 is 0 Å². The smallest absolute Gasteiger partial charge is 0.166 e. The Balaban J connectivity index is 2.44. The van der Waals surface area contributed by atoms with Crippen LogP contribution in [0.5, 0.6) is 11.5 Å². The Labute approximate surface area is 128 Å². The predicted octanol–water partition coefficient (Wildman–Crippen LogP) is 4.67. The minimum Gasteiger partial charge on any atom is -0.453 e. The third-order valence-corrected chi connectivity index (χ3v) is 3.35. The summed E-state index contributed by atoms with van der Waals surface area (Å²) in [5, 5.41) is 0.363. The molecule has 2 N–H and O–H groups in total. The third kappa shape index (κ3) is 3.23. The molecular weight excluding hydrogens is 353 g/mol. The number of hydrogen-bond acceptors (Lipinski definition) is 2. The maximum atomic E-state index is 13.7. The minimum atomic E-state index is -0.497. The highest BCUT2D eigenvalue weighted by Gasteiger charge is 2.13. The second kappa shape index (κ2) is 5.86. The molecular formula is C13H8BrClFNOS. The summed E-state index contributed by atoms with van der Waals surface area (Å²) in [5.74, 6) is -0.104. The van der Waals surface area contributed by atoms with Crippen LogP contribution in [-0.4, -0.2) is 4.99 Å². The highest BCUT2D eigenvalue weighted by atomic mass is 79.9. The predicted molar refractivity (Wildman–Crippen MR) is 81.5 cm³/mol. The maximum absolute atomic E-state index is 13.7. The van der Waals surface area contributed by atoms with E-state index < -0.39 is 5.82 Å². The molecule has 0 radical (unpaired) electrons. The quantitative estimate of drug-likeness (QED) is 0.808. The van der Waals surface area contributed by atoms with Crippen LogP contribution in [0.2, 0.25) is 5.02 Å². The van der Waals surface area contributed by atoms with Gasteiger partial charge < -0.3 is 10.5 Å². The fourth-order valence-electron chi connectivity index (χ4n) is 1.50. The highest BCUT2D eigenvalue weighted by molar-refractivity contribution is 9.10. The summed E-state index contributed by atoms with van der Waals surface area (Å²) in [6.45, 7) is 0. The Kier molecular flexibility index (Phi) is 4.39. The average molecular weight is 361 g/mol. The van der Waals surface area contributed by atoms with Gasteiger partial charge in [-0.2, -0.15) is 0 Å². The van der Waals surface area contributed by atoms with Crippen molar-refractivity contribution < 1.29 is 9.13 Å². The van der Waals surface area contributed by atoms with Crippen molar-refractivity contribution in [2.75, 3.05) is 0 Å². The first-order chi connectivity index (χ1) is 8.99. The van der Waals surface area contributed by atoms with Gasteiger partial charge in [0.05, 0.1) is 10.6 Å². The standard InChI is InChI=1S/C13H8BrClFNOS/c14-7-4-5-10(9(16)6-7)18-11-3-1-2-8(15)12(11)13(17)19/h1-6H,(H2,17,19). The van der Waals surface area contributed by atoms with Crippen molar-refractivity contribution in [2.24, 2.45) is 5.73 Å². The van der Waals surface area contributed by atoms with Crippen LogP contribution in [0.25, 0.3) is 0 Å². The summed E-state index contributed by atoms with van der Waals surface area (Å²) in [5.41, 5.74) is 5.99. The number of hydrogen-bond donors (Lipinski definition) is 1. The number of ether oxygens (including phenoxy) is 1. The van der Waals surface area contributed by atoms with Gasteiger partial charge in [-0.15, -0.1) is 0 Å². The molecule has 2 nitrogen and oxygen atoms in total. The van der Waals surface area contributed by atoms with E-state index in [4.69, 9.17) is 34.3 Å². The summed E-state index contributed by atoms with van der Waals surface area (Å²) in [6, 6.07) is 9.42. The van der Waals surface area contributed by atoms with Gasteiger partial charge in [-0.1, -0.05) is 45.8 Å². The Morgan fingerprint density at radius 3 is 2.63 bits per heavy atom. The van der Waals surface area contributed by atoms with Crippen molar-refractivity contribution >= 4 is 44.7 Å². The van der Waals surface area contributed by atoms with Crippen molar-refractivity contribution in [3.8, 4) is 11.5 Å². The zero-order valence-corrected chi connectivity index (χ0v) is 12.7. The minimum absolute atomic E-state index is 0.0722. The molecule has 0 aliphatic carbocycles. The van der Waals surface area contributed by atoms with Crippen LogP contribution in [0.4, 0.5) is 4.39 Å². The molecule has 0 fully saturated rings. The first kappa shape index (κ1) is 14.2. The largest absolute Gasteiger partial charge is 0.453 e. The molecule has 0 atom stereocenters. The first-order valence-electron chi connectivity index (χ1n) is 5.20. The monoisotopic (exact) mass is 359 g/mol. The molecule has 0 heterocycles. The molecule has 98 valence electrons.